The highest BCUT2D eigenvalue weighted by molar-refractivity contribution is 7.86. The quantitative estimate of drug-likeness (QED) is 0.368. The Hall–Kier alpha value is -3.51. The van der Waals surface area contributed by atoms with Crippen LogP contribution in [0.1, 0.15) is 44.9 Å². The van der Waals surface area contributed by atoms with Gasteiger partial charge in [0.05, 0.1) is 51.0 Å². The number of carbonyl (C=O) groups excluding carboxylic acids is 1. The van der Waals surface area contributed by atoms with Crippen LogP contribution < -0.4 is 15.5 Å². The number of nitrogens with one attached hydrogen (secondary N) is 2. The number of halogens is 3. The number of anilines is 2. The third-order valence-corrected chi connectivity index (χ3v) is 9.20. The van der Waals surface area contributed by atoms with Crippen molar-refractivity contribution in [1.29, 1.82) is 0 Å². The molecule has 2 N–H and O–H groups in total. The molecule has 1 aliphatic carbocycles. The third kappa shape index (κ3) is 6.23. The predicted octanol–water partition coefficient (Wildman–Crippen LogP) is 5.71. The summed E-state index contributed by atoms with van der Waals surface area (Å²) in [7, 11) is -2.00. The van der Waals surface area contributed by atoms with E-state index >= 15 is 0 Å². The van der Waals surface area contributed by atoms with Gasteiger partial charge in [-0.3, -0.25) is 4.21 Å². The Morgan fingerprint density at radius 1 is 1.12 bits per heavy atom. The minimum Gasteiger partial charge on any atom is -0.377 e. The van der Waals surface area contributed by atoms with E-state index in [2.05, 4.69) is 15.5 Å². The normalized spacial score (nSPS) is 19.1. The highest BCUT2D eigenvalue weighted by atomic mass is 32.2. The van der Waals surface area contributed by atoms with E-state index in [4.69, 9.17) is 14.7 Å². The summed E-state index contributed by atoms with van der Waals surface area (Å²) in [5.41, 5.74) is 0.783. The van der Waals surface area contributed by atoms with Crippen molar-refractivity contribution >= 4 is 28.3 Å². The van der Waals surface area contributed by atoms with Gasteiger partial charge in [-0.1, -0.05) is 12.1 Å². The lowest BCUT2D eigenvalue weighted by molar-refractivity contribution is -0.139. The fourth-order valence-corrected chi connectivity index (χ4v) is 6.64. The van der Waals surface area contributed by atoms with Crippen LogP contribution in [-0.4, -0.2) is 52.1 Å². The molecular weight excluding hydrogens is 555 g/mol. The molecule has 1 saturated heterocycles. The summed E-state index contributed by atoms with van der Waals surface area (Å²) < 4.78 is 59.9. The van der Waals surface area contributed by atoms with E-state index in [-0.39, 0.29) is 23.0 Å². The maximum atomic E-state index is 13.9. The molecule has 2 heterocycles. The molecule has 1 aliphatic heterocycles. The number of aromatic nitrogens is 2. The van der Waals surface area contributed by atoms with E-state index in [0.29, 0.717) is 61.2 Å². The van der Waals surface area contributed by atoms with Crippen LogP contribution in [0.4, 0.5) is 29.5 Å². The molecule has 3 aromatic rings. The van der Waals surface area contributed by atoms with Gasteiger partial charge in [-0.05, 0) is 70.0 Å². The molecule has 5 rings (SSSR count). The lowest BCUT2D eigenvalue weighted by Crippen LogP contribution is -2.44. The second-order valence-electron chi connectivity index (χ2n) is 10.6. The van der Waals surface area contributed by atoms with Crippen molar-refractivity contribution in [3.63, 3.8) is 0 Å². The first-order valence-corrected chi connectivity index (χ1v) is 14.6. The zero-order valence-electron chi connectivity index (χ0n) is 23.0. The van der Waals surface area contributed by atoms with Gasteiger partial charge in [0, 0.05) is 29.9 Å². The number of rotatable bonds is 7. The number of amides is 2. The van der Waals surface area contributed by atoms with Gasteiger partial charge in [-0.15, -0.1) is 0 Å². The zero-order chi connectivity index (χ0) is 29.4. The molecule has 0 spiro atoms. The highest BCUT2D eigenvalue weighted by Crippen LogP contribution is 2.54. The van der Waals surface area contributed by atoms with E-state index in [0.717, 1.165) is 6.07 Å². The minimum absolute atomic E-state index is 0.0111. The zero-order valence-corrected chi connectivity index (χ0v) is 23.8. The summed E-state index contributed by atoms with van der Waals surface area (Å²) in [5.74, 6) is 0.966. The van der Waals surface area contributed by atoms with E-state index in [1.54, 1.807) is 30.3 Å². The van der Waals surface area contributed by atoms with Crippen molar-refractivity contribution in [2.45, 2.75) is 61.5 Å². The summed E-state index contributed by atoms with van der Waals surface area (Å²) in [5, 5.41) is 5.54. The van der Waals surface area contributed by atoms with E-state index < -0.39 is 27.3 Å². The molecule has 2 atom stereocenters. The van der Waals surface area contributed by atoms with Crippen molar-refractivity contribution in [3.8, 4) is 11.4 Å². The predicted molar refractivity (Wildman–Crippen MR) is 151 cm³/mol. The van der Waals surface area contributed by atoms with Crippen molar-refractivity contribution in [2.24, 2.45) is 0 Å². The first kappa shape index (κ1) is 29.0. The lowest BCUT2D eigenvalue weighted by Gasteiger charge is -2.34. The third-order valence-electron chi connectivity index (χ3n) is 7.11. The van der Waals surface area contributed by atoms with Gasteiger partial charge in [-0.2, -0.15) is 13.2 Å². The molecular formula is C29H32F3N5O3S. The van der Waals surface area contributed by atoms with Crippen molar-refractivity contribution in [1.82, 2.24) is 15.3 Å². The van der Waals surface area contributed by atoms with Crippen molar-refractivity contribution in [2.75, 3.05) is 30.0 Å². The molecule has 2 amide bonds. The second kappa shape index (κ2) is 11.4. The Morgan fingerprint density at radius 3 is 2.46 bits per heavy atom. The van der Waals surface area contributed by atoms with Gasteiger partial charge in [0.2, 0.25) is 0 Å². The molecule has 2 aromatic carbocycles. The summed E-state index contributed by atoms with van der Waals surface area (Å²) in [6.07, 6.45) is -3.75. The van der Waals surface area contributed by atoms with Crippen molar-refractivity contribution < 1.29 is 26.9 Å². The number of hydrogen-bond donors (Lipinski definition) is 2. The van der Waals surface area contributed by atoms with Crippen LogP contribution in [0, 0.1) is 0 Å². The number of hydrogen-bond acceptors (Lipinski definition) is 6. The Labute approximate surface area is 239 Å². The Balaban J connectivity index is 1.54. The van der Waals surface area contributed by atoms with Gasteiger partial charge in [-0.25, -0.2) is 14.8 Å². The molecule has 0 bridgehead atoms. The second-order valence-corrected chi connectivity index (χ2v) is 12.4. The van der Waals surface area contributed by atoms with Gasteiger partial charge in [0.25, 0.3) is 0 Å². The maximum absolute atomic E-state index is 13.9. The average Bonchev–Trinajstić information content (AvgIpc) is 3.74. The molecule has 218 valence electrons. The summed E-state index contributed by atoms with van der Waals surface area (Å²) in [4.78, 5) is 23.5. The summed E-state index contributed by atoms with van der Waals surface area (Å²) in [6.45, 7) is 7.33. The van der Waals surface area contributed by atoms with Crippen LogP contribution in [0.25, 0.3) is 11.4 Å². The largest absolute Gasteiger partial charge is 0.417 e. The van der Waals surface area contributed by atoms with Gasteiger partial charge < -0.3 is 20.3 Å². The molecule has 8 nitrogen and oxygen atoms in total. The molecule has 2 aliphatic rings. The first-order valence-electron chi connectivity index (χ1n) is 13.5. The van der Waals surface area contributed by atoms with Crippen molar-refractivity contribution in [3.05, 3.63) is 65.9 Å². The van der Waals surface area contributed by atoms with Crippen LogP contribution in [0.3, 0.4) is 0 Å². The standard InChI is InChI=1S/C29H32F3N5O3S/c1-18(2)33-27(38)34-21-10-8-20(9-11-21)26-35-24(16-25(36-26)37-14-15-40-17-19(37)3)28(12-13-28)41(39)23-7-5-4-6-22(23)29(30,31)32/h4-11,16,18-19H,12-15,17H2,1-3H3,(H2,33,34,38)/t19-,41?/m0/s1. The number of carbonyl (C=O) groups is 1. The fourth-order valence-electron chi connectivity index (χ4n) is 4.87. The SMILES string of the molecule is CC(C)NC(=O)Nc1ccc(-c2nc(N3CCOC[C@@H]3C)cc(C3(S(=O)c4ccccc4C(F)(F)F)CC3)n2)cc1. The molecule has 0 radical (unpaired) electrons. The van der Waals surface area contributed by atoms with Crippen LogP contribution in [0.5, 0.6) is 0 Å². The van der Waals surface area contributed by atoms with Crippen LogP contribution >= 0.6 is 0 Å². The fraction of sp³-hybridized carbons (Fsp3) is 0.414. The molecule has 1 saturated carbocycles. The molecule has 41 heavy (non-hydrogen) atoms. The van der Waals surface area contributed by atoms with Gasteiger partial charge >= 0.3 is 12.2 Å². The van der Waals surface area contributed by atoms with Crippen LogP contribution in [-0.2, 0) is 26.5 Å². The number of alkyl halides is 3. The molecule has 1 unspecified atom stereocenters. The first-order chi connectivity index (χ1) is 19.5. The van der Waals surface area contributed by atoms with E-state index in [1.165, 1.54) is 18.2 Å². The average molecular weight is 588 g/mol. The number of ether oxygens (including phenoxy) is 1. The minimum atomic E-state index is -4.63. The molecule has 1 aromatic heterocycles. The Morgan fingerprint density at radius 2 is 1.83 bits per heavy atom. The molecule has 2 fully saturated rings. The monoisotopic (exact) mass is 587 g/mol. The number of benzene rings is 2. The van der Waals surface area contributed by atoms with Gasteiger partial charge in [0.1, 0.15) is 5.82 Å². The Bertz CT molecular complexity index is 1440. The smallest absolute Gasteiger partial charge is 0.377 e. The van der Waals surface area contributed by atoms with Crippen LogP contribution in [0.2, 0.25) is 0 Å². The lowest BCUT2D eigenvalue weighted by atomic mass is 10.1. The summed E-state index contributed by atoms with van der Waals surface area (Å²) in [6, 6.07) is 13.5. The maximum Gasteiger partial charge on any atom is 0.417 e. The number of urea groups is 1. The van der Waals surface area contributed by atoms with Crippen LogP contribution in [0.15, 0.2) is 59.5 Å². The topological polar surface area (TPSA) is 96.5 Å². The summed E-state index contributed by atoms with van der Waals surface area (Å²) >= 11 is 0. The molecule has 12 heteroatoms. The number of nitrogens with zero attached hydrogens (tertiary/aromatic N) is 3. The highest BCUT2D eigenvalue weighted by Gasteiger charge is 2.54. The van der Waals surface area contributed by atoms with E-state index in [1.807, 2.05) is 20.8 Å². The number of morpholine rings is 1. The Kier molecular flexibility index (Phi) is 8.06. The van der Waals surface area contributed by atoms with Gasteiger partial charge in [0.15, 0.2) is 5.82 Å². The van der Waals surface area contributed by atoms with E-state index in [9.17, 15) is 22.2 Å².